The third-order valence-corrected chi connectivity index (χ3v) is 3.94. The summed E-state index contributed by atoms with van der Waals surface area (Å²) in [6.07, 6.45) is 0. The molecule has 20 heavy (non-hydrogen) atoms. The van der Waals surface area contributed by atoms with Crippen molar-refractivity contribution in [2.45, 2.75) is 4.90 Å². The molecular formula is C14H12ClFN2OS. The van der Waals surface area contributed by atoms with Gasteiger partial charge in [0.1, 0.15) is 5.82 Å². The molecule has 0 aliphatic heterocycles. The zero-order valence-corrected chi connectivity index (χ0v) is 12.0. The van der Waals surface area contributed by atoms with Gasteiger partial charge in [-0.2, -0.15) is 0 Å². The van der Waals surface area contributed by atoms with E-state index < -0.39 is 0 Å². The Bertz CT molecular complexity index is 619. The van der Waals surface area contributed by atoms with Crippen LogP contribution >= 0.6 is 23.4 Å². The van der Waals surface area contributed by atoms with E-state index in [-0.39, 0.29) is 17.5 Å². The first-order chi connectivity index (χ1) is 9.54. The highest BCUT2D eigenvalue weighted by atomic mass is 35.5. The Labute approximate surface area is 125 Å². The Morgan fingerprint density at radius 1 is 1.25 bits per heavy atom. The second-order valence-electron chi connectivity index (χ2n) is 4.03. The number of hydrogen-bond donors (Lipinski definition) is 2. The first kappa shape index (κ1) is 14.7. The van der Waals surface area contributed by atoms with Gasteiger partial charge in [0.05, 0.1) is 10.8 Å². The molecule has 0 saturated carbocycles. The number of nitrogens with one attached hydrogen (secondary N) is 1. The van der Waals surface area contributed by atoms with Crippen LogP contribution in [0, 0.1) is 5.82 Å². The van der Waals surface area contributed by atoms with Crippen LogP contribution in [0.15, 0.2) is 47.4 Å². The molecule has 0 spiro atoms. The predicted molar refractivity (Wildman–Crippen MR) is 81.6 cm³/mol. The molecule has 0 bridgehead atoms. The molecule has 0 radical (unpaired) electrons. The number of hydrogen-bond acceptors (Lipinski definition) is 3. The van der Waals surface area contributed by atoms with Crippen molar-refractivity contribution < 1.29 is 9.18 Å². The van der Waals surface area contributed by atoms with Crippen molar-refractivity contribution in [3.05, 3.63) is 53.3 Å². The highest BCUT2D eigenvalue weighted by molar-refractivity contribution is 8.00. The quantitative estimate of drug-likeness (QED) is 0.667. The van der Waals surface area contributed by atoms with Gasteiger partial charge in [-0.05, 0) is 42.5 Å². The van der Waals surface area contributed by atoms with E-state index in [2.05, 4.69) is 5.32 Å². The summed E-state index contributed by atoms with van der Waals surface area (Å²) in [6.45, 7) is 0. The number of carbonyl (C=O) groups excluding carboxylic acids is 1. The molecular weight excluding hydrogens is 299 g/mol. The number of anilines is 2. The SMILES string of the molecule is Nc1ccc(Cl)c(SCC(=O)Nc2ccc(F)cc2)c1. The van der Waals surface area contributed by atoms with Crippen LogP contribution in [0.4, 0.5) is 15.8 Å². The fourth-order valence-corrected chi connectivity index (χ4v) is 2.57. The van der Waals surface area contributed by atoms with Crippen LogP contribution in [-0.4, -0.2) is 11.7 Å². The zero-order chi connectivity index (χ0) is 14.5. The van der Waals surface area contributed by atoms with Crippen molar-refractivity contribution >= 4 is 40.6 Å². The summed E-state index contributed by atoms with van der Waals surface area (Å²) in [5, 5.41) is 3.23. The van der Waals surface area contributed by atoms with Crippen LogP contribution < -0.4 is 11.1 Å². The number of halogens is 2. The van der Waals surface area contributed by atoms with Crippen molar-refractivity contribution in [1.82, 2.24) is 0 Å². The molecule has 2 aromatic carbocycles. The fourth-order valence-electron chi connectivity index (χ4n) is 1.50. The number of benzene rings is 2. The minimum absolute atomic E-state index is 0.194. The monoisotopic (exact) mass is 310 g/mol. The van der Waals surface area contributed by atoms with E-state index in [4.69, 9.17) is 17.3 Å². The van der Waals surface area contributed by atoms with Crippen LogP contribution in [-0.2, 0) is 4.79 Å². The molecule has 0 atom stereocenters. The molecule has 0 aromatic heterocycles. The maximum atomic E-state index is 12.7. The summed E-state index contributed by atoms with van der Waals surface area (Å²) in [5.74, 6) is -0.343. The van der Waals surface area contributed by atoms with E-state index >= 15 is 0 Å². The molecule has 0 aliphatic rings. The average Bonchev–Trinajstić information content (AvgIpc) is 2.42. The van der Waals surface area contributed by atoms with E-state index in [1.165, 1.54) is 36.0 Å². The third kappa shape index (κ3) is 4.15. The molecule has 0 unspecified atom stereocenters. The molecule has 104 valence electrons. The lowest BCUT2D eigenvalue weighted by Crippen LogP contribution is -2.13. The molecule has 3 nitrogen and oxygen atoms in total. The topological polar surface area (TPSA) is 55.1 Å². The Hall–Kier alpha value is -1.72. The molecule has 6 heteroatoms. The molecule has 0 saturated heterocycles. The van der Waals surface area contributed by atoms with Crippen LogP contribution in [0.2, 0.25) is 5.02 Å². The predicted octanol–water partition coefficient (Wildman–Crippen LogP) is 3.79. The summed E-state index contributed by atoms with van der Waals surface area (Å²) in [4.78, 5) is 12.5. The van der Waals surface area contributed by atoms with Crippen LogP contribution in [0.3, 0.4) is 0 Å². The minimum Gasteiger partial charge on any atom is -0.399 e. The molecule has 3 N–H and O–H groups in total. The fraction of sp³-hybridized carbons (Fsp3) is 0.0714. The van der Waals surface area contributed by atoms with Gasteiger partial charge in [0.25, 0.3) is 0 Å². The van der Waals surface area contributed by atoms with Gasteiger partial charge in [-0.15, -0.1) is 11.8 Å². The van der Waals surface area contributed by atoms with Gasteiger partial charge in [-0.25, -0.2) is 4.39 Å². The van der Waals surface area contributed by atoms with E-state index in [1.54, 1.807) is 18.2 Å². The van der Waals surface area contributed by atoms with Crippen LogP contribution in [0.5, 0.6) is 0 Å². The highest BCUT2D eigenvalue weighted by Gasteiger charge is 2.07. The summed E-state index contributed by atoms with van der Waals surface area (Å²) >= 11 is 7.30. The summed E-state index contributed by atoms with van der Waals surface area (Å²) in [6, 6.07) is 10.7. The molecule has 0 aliphatic carbocycles. The van der Waals surface area contributed by atoms with Gasteiger partial charge in [0, 0.05) is 16.3 Å². The second kappa shape index (κ2) is 6.63. The maximum absolute atomic E-state index is 12.7. The maximum Gasteiger partial charge on any atom is 0.234 e. The summed E-state index contributed by atoms with van der Waals surface area (Å²) in [5.41, 5.74) is 6.81. The van der Waals surface area contributed by atoms with Crippen molar-refractivity contribution in [2.75, 3.05) is 16.8 Å². The zero-order valence-electron chi connectivity index (χ0n) is 10.4. The largest absolute Gasteiger partial charge is 0.399 e. The first-order valence-corrected chi connectivity index (χ1v) is 7.14. The van der Waals surface area contributed by atoms with E-state index in [0.717, 1.165) is 4.90 Å². The Balaban J connectivity index is 1.92. The highest BCUT2D eigenvalue weighted by Crippen LogP contribution is 2.29. The lowest BCUT2D eigenvalue weighted by Gasteiger charge is -2.07. The Kier molecular flexibility index (Phi) is 4.87. The third-order valence-electron chi connectivity index (χ3n) is 2.44. The molecule has 1 amide bonds. The lowest BCUT2D eigenvalue weighted by molar-refractivity contribution is -0.113. The Morgan fingerprint density at radius 3 is 2.65 bits per heavy atom. The average molecular weight is 311 g/mol. The Morgan fingerprint density at radius 2 is 1.95 bits per heavy atom. The van der Waals surface area contributed by atoms with Crippen molar-refractivity contribution in [2.24, 2.45) is 0 Å². The van der Waals surface area contributed by atoms with Crippen molar-refractivity contribution in [3.63, 3.8) is 0 Å². The van der Waals surface area contributed by atoms with Gasteiger partial charge in [0.2, 0.25) is 5.91 Å². The number of thioether (sulfide) groups is 1. The first-order valence-electron chi connectivity index (χ1n) is 5.78. The number of nitrogens with two attached hydrogens (primary N) is 1. The van der Waals surface area contributed by atoms with Gasteiger partial charge < -0.3 is 11.1 Å². The number of rotatable bonds is 4. The number of carbonyl (C=O) groups is 1. The number of amides is 1. The smallest absolute Gasteiger partial charge is 0.234 e. The standard InChI is InChI=1S/C14H12ClFN2OS/c15-12-6-3-10(17)7-13(12)20-8-14(19)18-11-4-1-9(16)2-5-11/h1-7H,8,17H2,(H,18,19). The molecule has 2 rings (SSSR count). The molecule has 0 heterocycles. The second-order valence-corrected chi connectivity index (χ2v) is 5.46. The molecule has 2 aromatic rings. The summed E-state index contributed by atoms with van der Waals surface area (Å²) < 4.78 is 12.7. The van der Waals surface area contributed by atoms with Crippen molar-refractivity contribution in [1.29, 1.82) is 0 Å². The minimum atomic E-state index is -0.344. The summed E-state index contributed by atoms with van der Waals surface area (Å²) in [7, 11) is 0. The van der Waals surface area contributed by atoms with Crippen molar-refractivity contribution in [3.8, 4) is 0 Å². The van der Waals surface area contributed by atoms with Gasteiger partial charge in [-0.1, -0.05) is 11.6 Å². The van der Waals surface area contributed by atoms with Crippen LogP contribution in [0.25, 0.3) is 0 Å². The van der Waals surface area contributed by atoms with Gasteiger partial charge in [-0.3, -0.25) is 4.79 Å². The van der Waals surface area contributed by atoms with Gasteiger partial charge in [0.15, 0.2) is 0 Å². The van der Waals surface area contributed by atoms with E-state index in [0.29, 0.717) is 16.4 Å². The van der Waals surface area contributed by atoms with Gasteiger partial charge >= 0.3 is 0 Å². The molecule has 0 fully saturated rings. The van der Waals surface area contributed by atoms with Crippen LogP contribution in [0.1, 0.15) is 0 Å². The van der Waals surface area contributed by atoms with E-state index in [9.17, 15) is 9.18 Å². The lowest BCUT2D eigenvalue weighted by atomic mass is 10.3. The number of nitrogen functional groups attached to an aromatic ring is 1. The van der Waals surface area contributed by atoms with E-state index in [1.807, 2.05) is 0 Å². The normalized spacial score (nSPS) is 10.3.